The van der Waals surface area contributed by atoms with E-state index in [9.17, 15) is 114 Å². The molecule has 0 spiro atoms. The average molecular weight is 2130 g/mol. The molecule has 21 aliphatic heterocycles. The van der Waals surface area contributed by atoms with Crippen LogP contribution >= 0.6 is 0 Å². The minimum absolute atomic E-state index is 0.440. The van der Waals surface area contributed by atoms with Crippen LogP contribution in [0.3, 0.4) is 0 Å². The van der Waals surface area contributed by atoms with Crippen molar-refractivity contribution in [3.8, 4) is 0 Å². The minimum atomic E-state index is -4.98. The Morgan fingerprint density at radius 2 is 0.348 bits per heavy atom. The average Bonchev–Trinajstić information content (AvgIpc) is 0.800. The van der Waals surface area contributed by atoms with Gasteiger partial charge in [-0.3, -0.25) is 20.9 Å². The molecule has 5 aromatic rings. The van der Waals surface area contributed by atoms with E-state index in [0.29, 0.717) is 27.8 Å². The Morgan fingerprint density at radius 1 is 0.220 bits per heavy atom. The highest BCUT2D eigenvalue weighted by Gasteiger charge is 2.62. The Balaban J connectivity index is 0.938. The first kappa shape index (κ1) is 113. The highest BCUT2D eigenvalue weighted by Crippen LogP contribution is 2.45. The monoisotopic (exact) mass is 2130 g/mol. The van der Waals surface area contributed by atoms with Crippen LogP contribution < -0.4 is 0 Å². The van der Waals surface area contributed by atoms with Gasteiger partial charge >= 0.3 is 0 Å². The smallest absolute Gasteiger partial charge is 0.297 e. The number of hydrogen-bond acceptors (Lipinski definition) is 45. The molecule has 14 N–H and O–H groups in total. The Labute approximate surface area is 819 Å². The summed E-state index contributed by atoms with van der Waals surface area (Å²) in [6.45, 7) is 19.0. The highest BCUT2D eigenvalue weighted by molar-refractivity contribution is 7.87. The summed E-state index contributed by atoms with van der Waals surface area (Å²) in [7, 11) is -30.8. The van der Waals surface area contributed by atoms with Crippen molar-refractivity contribution < 1.29 is 210 Å². The summed E-state index contributed by atoms with van der Waals surface area (Å²) in [4.78, 5) is -2.33. The third kappa shape index (κ3) is 26.0. The lowest BCUT2D eigenvalue weighted by Crippen LogP contribution is -2.68. The fraction of sp³-hybridized carbons (Fsp3) is 0.663. The van der Waals surface area contributed by atoms with Gasteiger partial charge in [-0.15, -0.1) is 0 Å². The molecule has 21 heterocycles. The van der Waals surface area contributed by atoms with Crippen LogP contribution in [0.4, 0.5) is 0 Å². The summed E-state index contributed by atoms with van der Waals surface area (Å²) in [6.07, 6.45) is -82.3. The van der Waals surface area contributed by atoms with Gasteiger partial charge in [-0.1, -0.05) is 130 Å². The predicted molar refractivity (Wildman–Crippen MR) is 487 cm³/mol. The third-order valence-electron chi connectivity index (χ3n) is 26.8. The van der Waals surface area contributed by atoms with Gasteiger partial charge in [0, 0.05) is 0 Å². The molecule has 21 saturated heterocycles. The van der Waals surface area contributed by atoms with E-state index in [4.69, 9.17) is 96.1 Å². The molecule has 0 saturated carbocycles. The lowest BCUT2D eigenvalue weighted by atomic mass is 9.95. The van der Waals surface area contributed by atoms with Gasteiger partial charge in [0.05, 0.1) is 70.7 Å². The first-order valence-corrected chi connectivity index (χ1v) is 58.3. The second-order valence-corrected chi connectivity index (χ2v) is 57.0. The van der Waals surface area contributed by atoms with E-state index >= 15 is 0 Å². The van der Waals surface area contributed by atoms with E-state index in [-0.39, 0.29) is 0 Å². The van der Waals surface area contributed by atoms with Gasteiger partial charge in [-0.05, 0) is 132 Å². The zero-order valence-electron chi connectivity index (χ0n) is 79.7. The molecule has 21 aliphatic rings. The maximum Gasteiger partial charge on any atom is 0.297 e. The van der Waals surface area contributed by atoms with Crippen LogP contribution in [0.2, 0.25) is 36.3 Å². The van der Waals surface area contributed by atoms with Crippen LogP contribution in [0.15, 0.2) is 146 Å². The van der Waals surface area contributed by atoms with E-state index in [2.05, 4.69) is 0 Å². The Morgan fingerprint density at radius 3 is 0.475 bits per heavy atom. The molecule has 0 aromatic heterocycles. The van der Waals surface area contributed by atoms with E-state index in [0.717, 1.165) is 36.4 Å². The van der Waals surface area contributed by atoms with E-state index in [1.165, 1.54) is 84.9 Å². The molecule has 21 fully saturated rings. The summed E-state index contributed by atoms with van der Waals surface area (Å²) < 4.78 is 272. The number of aliphatic hydroxyl groups excluding tert-OH is 14. The molecule has 52 heteroatoms. The topological polar surface area (TPSA) is 648 Å². The van der Waals surface area contributed by atoms with Crippen LogP contribution in [-0.4, -0.2) is 391 Å². The SMILES string of the molecule is Cc1ccc(S(=O)(=O)OC[C@H]2O[C@@H]3O[C@H]4[C@H](O)[C@@H](O)[C@@H](O[C@H]5[C@H](O)[C@@H](O)[C@@H](O[C@H]6[C@H](O)[C@@H](O)[C@@H](O[C@H]7[C@H](O)[C@@H](O)[C@@H](O[C@H]8[C@H](O)[C@@H](O)[C@@H](O[C@H]9[C@H](O)[C@H](O)[C@@H](O[C@H]2[C@H](O)[C@@H]3O)O[C@@H]9CO[Si](C)(C)C(C)(C)C)O[C@@H]8CO[Si](C)(C)C(C)(C)C)O[C@@H]7COS(=O)(=O)c2ccc(C)cc2)O[C@@H]6COS(=O)(=O)c2ccc(C)cc2)O[C@@H]5COS(=O)(=O)c2ccc(C)cc2)O[C@@H]4COS(=O)(=O)c2ccc(C)cc2)cc1. The Kier molecular flexibility index (Phi) is 36.0. The van der Waals surface area contributed by atoms with Gasteiger partial charge in [0.25, 0.3) is 50.6 Å². The summed E-state index contributed by atoms with van der Waals surface area (Å²) in [5, 5.41) is 175. The summed E-state index contributed by atoms with van der Waals surface area (Å²) in [6, 6.07) is 25.7. The number of benzene rings is 5. The summed E-state index contributed by atoms with van der Waals surface area (Å²) in [5.74, 6) is 0. The van der Waals surface area contributed by atoms with Crippen molar-refractivity contribution in [1.29, 1.82) is 0 Å². The van der Waals surface area contributed by atoms with Crippen molar-refractivity contribution in [1.82, 2.24) is 0 Å². The van der Waals surface area contributed by atoms with Gasteiger partial charge in [0.2, 0.25) is 0 Å². The Hall–Kier alpha value is -5.12. The maximum absolute atomic E-state index is 14.3. The van der Waals surface area contributed by atoms with Crippen molar-refractivity contribution in [2.45, 2.75) is 352 Å². The maximum atomic E-state index is 14.3. The van der Waals surface area contributed by atoms with Gasteiger partial charge in [0.15, 0.2) is 60.7 Å². The minimum Gasteiger partial charge on any atom is -0.414 e. The molecule has 0 amide bonds. The quantitative estimate of drug-likeness (QED) is 0.0244. The zero-order valence-corrected chi connectivity index (χ0v) is 85.7. The van der Waals surface area contributed by atoms with Crippen LogP contribution in [0, 0.1) is 34.6 Å². The molecule has 0 unspecified atom stereocenters. The lowest BCUT2D eigenvalue weighted by Gasteiger charge is -2.50. The lowest BCUT2D eigenvalue weighted by molar-refractivity contribution is -0.395. The summed E-state index contributed by atoms with van der Waals surface area (Å²) in [5.41, 5.74) is 2.95. The van der Waals surface area contributed by atoms with Gasteiger partial charge in [0.1, 0.15) is 171 Å². The molecule has 0 radical (unpaired) electrons. The number of rotatable bonds is 26. The van der Waals surface area contributed by atoms with Crippen molar-refractivity contribution >= 4 is 67.2 Å². The van der Waals surface area contributed by atoms with E-state index < -0.39 is 363 Å². The van der Waals surface area contributed by atoms with Gasteiger partial charge in [-0.2, -0.15) is 42.1 Å². The first-order chi connectivity index (χ1) is 65.7. The normalized spacial score (nSPS) is 36.6. The molecule has 792 valence electrons. The standard InChI is InChI=1S/C89H128O45S5Si2/c1-43-16-26-48(27-17-43)135(104,105)114-36-53-74-60(90)67(97)81(121-53)129-75-54(37-115-136(106,107)49-28-18-44(2)19-29-49)123-83(69(99)62(75)92)131-77-56(39-117-138(110,111)51-32-22-46(4)23-33-51)125-85(71(101)64(77)94)133-79-58(41-119-140(12,13)88(6,7)8)127-87(73(103)66(79)96)134-80-59(42-120-141(14,15)89(9,10)11)126-86(72(102)65(80)95)132-78-57(40-118-139(112,113)52-34-24-47(5)25-35-52)124-84(70(100)63(78)93)130-76-55(122-82(128-74)68(98)61(76)91)38-116-137(108,109)50-30-20-45(3)21-31-50/h16-35,53-87,90-103H,36-42H2,1-15H3/t53-,54-,55-,56-,57-,58-,59-,60-,61-,62-,63-,64-,65-,66-,67-,68-,69-,70+,71-,72+,73-,74-,75-,76-,77-,78-,79-,80-,81-,82-,83-,84-,85-,86-,87-/m1/s1. The highest BCUT2D eigenvalue weighted by atomic mass is 32.2. The Bertz CT molecular complexity index is 5390. The molecule has 26 rings (SSSR count). The van der Waals surface area contributed by atoms with Crippen LogP contribution in [0.25, 0.3) is 0 Å². The first-order valence-electron chi connectivity index (χ1n) is 45.5. The zero-order chi connectivity index (χ0) is 103. The fourth-order valence-corrected chi connectivity index (χ4v) is 22.6. The van der Waals surface area contributed by atoms with E-state index in [1.54, 1.807) is 34.6 Å². The number of aliphatic hydroxyl groups is 14. The largest absolute Gasteiger partial charge is 0.414 e. The molecule has 14 bridgehead atoms. The van der Waals surface area contributed by atoms with Crippen molar-refractivity contribution in [3.63, 3.8) is 0 Å². The third-order valence-corrected chi connectivity index (χ3v) is 42.3. The second-order valence-electron chi connectivity index (χ2n) is 39.3. The van der Waals surface area contributed by atoms with Crippen molar-refractivity contribution in [2.75, 3.05) is 46.2 Å². The molecular weight excluding hydrogens is 2010 g/mol. The second kappa shape index (κ2) is 45.0. The predicted octanol–water partition coefficient (Wildman–Crippen LogP) is -0.564. The van der Waals surface area contributed by atoms with E-state index in [1.807, 2.05) is 67.7 Å². The van der Waals surface area contributed by atoms with Crippen molar-refractivity contribution in [3.05, 3.63) is 149 Å². The molecule has 45 nitrogen and oxygen atoms in total. The number of aryl methyl sites for hydroxylation is 5. The molecule has 0 aliphatic carbocycles. The fourth-order valence-electron chi connectivity index (χ4n) is 16.0. The van der Waals surface area contributed by atoms with Gasteiger partial charge < -0.3 is 147 Å². The van der Waals surface area contributed by atoms with Crippen LogP contribution in [0.5, 0.6) is 0 Å². The molecule has 35 atom stereocenters. The molecule has 141 heavy (non-hydrogen) atoms. The van der Waals surface area contributed by atoms with Crippen molar-refractivity contribution in [2.24, 2.45) is 0 Å². The molecule has 5 aromatic carbocycles. The number of hydrogen-bond donors (Lipinski definition) is 14. The number of ether oxygens (including phenoxy) is 14. The molecular formula is C89H128O45S5Si2. The van der Waals surface area contributed by atoms with Crippen LogP contribution in [-0.2, 0) is 147 Å². The summed E-state index contributed by atoms with van der Waals surface area (Å²) >= 11 is 0. The van der Waals surface area contributed by atoms with Crippen LogP contribution in [0.1, 0.15) is 69.4 Å². The van der Waals surface area contributed by atoms with Gasteiger partial charge in [-0.25, -0.2) is 0 Å².